The molecule has 18 heavy (non-hydrogen) atoms. The number of hydrogen-bond donors (Lipinski definition) is 2. The Morgan fingerprint density at radius 1 is 1.50 bits per heavy atom. The highest BCUT2D eigenvalue weighted by Crippen LogP contribution is 2.32. The van der Waals surface area contributed by atoms with Gasteiger partial charge < -0.3 is 15.1 Å². The van der Waals surface area contributed by atoms with Crippen molar-refractivity contribution in [2.45, 2.75) is 58.4 Å². The maximum Gasteiger partial charge on any atom is 0.407 e. The van der Waals surface area contributed by atoms with Crippen molar-refractivity contribution in [1.29, 1.82) is 0 Å². The first-order chi connectivity index (χ1) is 8.60. The summed E-state index contributed by atoms with van der Waals surface area (Å²) < 4.78 is 0. The number of piperidine rings is 1. The molecule has 3 atom stereocenters. The largest absolute Gasteiger partial charge is 0.465 e. The number of amides is 1. The molecule has 4 nitrogen and oxygen atoms in total. The van der Waals surface area contributed by atoms with Crippen LogP contribution < -0.4 is 0 Å². The average molecular weight is 257 g/mol. The summed E-state index contributed by atoms with van der Waals surface area (Å²) >= 11 is 0. The highest BCUT2D eigenvalue weighted by Gasteiger charge is 2.32. The van der Waals surface area contributed by atoms with E-state index in [9.17, 15) is 9.90 Å². The van der Waals surface area contributed by atoms with Crippen LogP contribution in [-0.2, 0) is 0 Å². The first-order valence-electron chi connectivity index (χ1n) is 7.20. The molecule has 2 N–H and O–H groups in total. The van der Waals surface area contributed by atoms with Gasteiger partial charge in [0.25, 0.3) is 0 Å². The minimum absolute atomic E-state index is 0.183. The molecule has 1 fully saturated rings. The lowest BCUT2D eigenvalue weighted by Crippen LogP contribution is -2.46. The number of carboxylic acid groups (broad SMARTS) is 1. The summed E-state index contributed by atoms with van der Waals surface area (Å²) in [4.78, 5) is 12.8. The number of aliphatic hydroxyl groups is 1. The molecule has 1 heterocycles. The summed E-state index contributed by atoms with van der Waals surface area (Å²) in [6.45, 7) is 5.21. The number of aliphatic hydroxyl groups excluding tert-OH is 1. The fourth-order valence-electron chi connectivity index (χ4n) is 3.00. The summed E-state index contributed by atoms with van der Waals surface area (Å²) in [6, 6.07) is 0.183. The van der Waals surface area contributed by atoms with E-state index in [4.69, 9.17) is 5.11 Å². The molecule has 0 aromatic rings. The topological polar surface area (TPSA) is 60.8 Å². The Balaban J connectivity index is 2.57. The van der Waals surface area contributed by atoms with Gasteiger partial charge in [0, 0.05) is 19.2 Å². The Morgan fingerprint density at radius 3 is 2.78 bits per heavy atom. The molecule has 0 radical (unpaired) electrons. The van der Waals surface area contributed by atoms with Crippen LogP contribution in [0.3, 0.4) is 0 Å². The molecule has 0 aliphatic carbocycles. The van der Waals surface area contributed by atoms with Crippen molar-refractivity contribution in [2.24, 2.45) is 11.8 Å². The lowest BCUT2D eigenvalue weighted by Gasteiger charge is -2.40. The molecule has 1 aliphatic heterocycles. The Kier molecular flexibility index (Phi) is 6.47. The van der Waals surface area contributed by atoms with Crippen molar-refractivity contribution < 1.29 is 15.0 Å². The number of likely N-dealkylation sites (tertiary alicyclic amines) is 1. The van der Waals surface area contributed by atoms with Gasteiger partial charge in [-0.3, -0.25) is 0 Å². The minimum Gasteiger partial charge on any atom is -0.465 e. The molecule has 0 spiro atoms. The Labute approximate surface area is 110 Å². The van der Waals surface area contributed by atoms with Crippen LogP contribution in [0.25, 0.3) is 0 Å². The average Bonchev–Trinajstić information content (AvgIpc) is 2.36. The van der Waals surface area contributed by atoms with E-state index >= 15 is 0 Å². The number of rotatable bonds is 6. The van der Waals surface area contributed by atoms with E-state index in [1.807, 2.05) is 0 Å². The van der Waals surface area contributed by atoms with Crippen LogP contribution in [0.15, 0.2) is 0 Å². The zero-order chi connectivity index (χ0) is 13.5. The Bertz CT molecular complexity index is 257. The van der Waals surface area contributed by atoms with Gasteiger partial charge in [-0.2, -0.15) is 0 Å². The number of nitrogens with zero attached hydrogens (tertiary/aromatic N) is 1. The Morgan fingerprint density at radius 2 is 2.22 bits per heavy atom. The zero-order valence-electron chi connectivity index (χ0n) is 11.6. The third kappa shape index (κ3) is 4.16. The van der Waals surface area contributed by atoms with Gasteiger partial charge in [0.2, 0.25) is 0 Å². The van der Waals surface area contributed by atoms with E-state index in [1.54, 1.807) is 4.90 Å². The molecule has 2 unspecified atom stereocenters. The van der Waals surface area contributed by atoms with E-state index < -0.39 is 6.09 Å². The normalized spacial score (nSPS) is 26.1. The van der Waals surface area contributed by atoms with E-state index in [1.165, 1.54) is 0 Å². The quantitative estimate of drug-likeness (QED) is 0.769. The predicted octanol–water partition coefficient (Wildman–Crippen LogP) is 2.95. The molecule has 4 heteroatoms. The van der Waals surface area contributed by atoms with Crippen LogP contribution in [0.4, 0.5) is 4.79 Å². The van der Waals surface area contributed by atoms with E-state index in [0.29, 0.717) is 18.4 Å². The molecule has 0 aromatic heterocycles. The minimum atomic E-state index is -0.774. The smallest absolute Gasteiger partial charge is 0.407 e. The molecular weight excluding hydrogens is 230 g/mol. The molecule has 1 amide bonds. The van der Waals surface area contributed by atoms with Gasteiger partial charge in [0.15, 0.2) is 0 Å². The van der Waals surface area contributed by atoms with Gasteiger partial charge in [-0.1, -0.05) is 26.7 Å². The fourth-order valence-corrected chi connectivity index (χ4v) is 3.00. The van der Waals surface area contributed by atoms with Gasteiger partial charge in [-0.15, -0.1) is 0 Å². The second-order valence-corrected chi connectivity index (χ2v) is 5.55. The van der Waals surface area contributed by atoms with Crippen molar-refractivity contribution in [3.8, 4) is 0 Å². The second kappa shape index (κ2) is 7.62. The summed E-state index contributed by atoms with van der Waals surface area (Å²) in [6.07, 6.45) is 5.15. The van der Waals surface area contributed by atoms with Crippen molar-refractivity contribution >= 4 is 6.09 Å². The van der Waals surface area contributed by atoms with Crippen molar-refractivity contribution in [3.63, 3.8) is 0 Å². The van der Waals surface area contributed by atoms with Crippen LogP contribution in [0, 0.1) is 11.8 Å². The first-order valence-corrected chi connectivity index (χ1v) is 7.20. The van der Waals surface area contributed by atoms with Crippen LogP contribution in [-0.4, -0.2) is 40.4 Å². The lowest BCUT2D eigenvalue weighted by atomic mass is 9.79. The Hall–Kier alpha value is -0.770. The third-order valence-corrected chi connectivity index (χ3v) is 4.28. The predicted molar refractivity (Wildman–Crippen MR) is 71.6 cm³/mol. The SMILES string of the molecule is CCCCC1CC([C@H](C)CCO)CCN1C(=O)O. The van der Waals surface area contributed by atoms with Crippen LogP contribution in [0.5, 0.6) is 0 Å². The first kappa shape index (κ1) is 15.3. The molecule has 1 rings (SSSR count). The highest BCUT2D eigenvalue weighted by atomic mass is 16.4. The van der Waals surface area contributed by atoms with Gasteiger partial charge in [-0.05, 0) is 37.5 Å². The van der Waals surface area contributed by atoms with Crippen LogP contribution in [0.1, 0.15) is 52.4 Å². The standard InChI is InChI=1S/C14H27NO3/c1-3-4-5-13-10-12(11(2)7-9-16)6-8-15(13)14(17)18/h11-13,16H,3-10H2,1-2H3,(H,17,18)/t11-,12?,13?/m1/s1. The number of unbranched alkanes of at least 4 members (excludes halogenated alkanes) is 1. The molecule has 0 saturated carbocycles. The van der Waals surface area contributed by atoms with Crippen molar-refractivity contribution in [3.05, 3.63) is 0 Å². The molecule has 0 aromatic carbocycles. The van der Waals surface area contributed by atoms with Crippen molar-refractivity contribution in [2.75, 3.05) is 13.2 Å². The molecule has 1 aliphatic rings. The number of carbonyl (C=O) groups is 1. The van der Waals surface area contributed by atoms with Gasteiger partial charge >= 0.3 is 6.09 Å². The summed E-state index contributed by atoms with van der Waals surface area (Å²) in [5.74, 6) is 1.06. The maximum atomic E-state index is 11.2. The van der Waals surface area contributed by atoms with Crippen LogP contribution in [0.2, 0.25) is 0 Å². The zero-order valence-corrected chi connectivity index (χ0v) is 11.6. The van der Waals surface area contributed by atoms with Gasteiger partial charge in [-0.25, -0.2) is 4.79 Å². The van der Waals surface area contributed by atoms with Crippen molar-refractivity contribution in [1.82, 2.24) is 4.90 Å². The molecule has 106 valence electrons. The lowest BCUT2D eigenvalue weighted by molar-refractivity contribution is 0.0684. The molecular formula is C14H27NO3. The maximum absolute atomic E-state index is 11.2. The molecule has 1 saturated heterocycles. The van der Waals surface area contributed by atoms with Gasteiger partial charge in [0.1, 0.15) is 0 Å². The summed E-state index contributed by atoms with van der Waals surface area (Å²) in [5.41, 5.74) is 0. The second-order valence-electron chi connectivity index (χ2n) is 5.55. The van der Waals surface area contributed by atoms with Crippen LogP contribution >= 0.6 is 0 Å². The fraction of sp³-hybridized carbons (Fsp3) is 0.929. The van der Waals surface area contributed by atoms with E-state index in [0.717, 1.165) is 38.5 Å². The van der Waals surface area contributed by atoms with E-state index in [2.05, 4.69) is 13.8 Å². The summed E-state index contributed by atoms with van der Waals surface area (Å²) in [5, 5.41) is 18.2. The highest BCUT2D eigenvalue weighted by molar-refractivity contribution is 5.65. The monoisotopic (exact) mass is 257 g/mol. The molecule has 0 bridgehead atoms. The third-order valence-electron chi connectivity index (χ3n) is 4.28. The van der Waals surface area contributed by atoms with Gasteiger partial charge in [0.05, 0.1) is 0 Å². The van der Waals surface area contributed by atoms with E-state index in [-0.39, 0.29) is 12.6 Å². The summed E-state index contributed by atoms with van der Waals surface area (Å²) in [7, 11) is 0. The number of hydrogen-bond acceptors (Lipinski definition) is 2.